The molecule has 0 aliphatic rings. The Kier molecular flexibility index (Phi) is 12.6. The number of amides is 1. The van der Waals surface area contributed by atoms with E-state index < -0.39 is 0 Å². The standard InChI is InChI=1S/C16H26ClN5O.HI/c1-4-12(2)22-15(23)8-10-20-16(18-3)19-9-7-13-5-6-14(17)21-11-13;/h5-6,11-12H,4,7-10H2,1-3H3,(H,22,23)(H2,18,19,20);1H. The van der Waals surface area contributed by atoms with Crippen LogP contribution in [0.3, 0.4) is 0 Å². The van der Waals surface area contributed by atoms with E-state index in [4.69, 9.17) is 11.6 Å². The molecule has 8 heteroatoms. The Morgan fingerprint density at radius 3 is 2.62 bits per heavy atom. The molecule has 1 heterocycles. The van der Waals surface area contributed by atoms with E-state index in [-0.39, 0.29) is 35.9 Å². The zero-order valence-corrected chi connectivity index (χ0v) is 17.5. The lowest BCUT2D eigenvalue weighted by molar-refractivity contribution is -0.121. The van der Waals surface area contributed by atoms with Crippen LogP contribution >= 0.6 is 35.6 Å². The van der Waals surface area contributed by atoms with Crippen molar-refractivity contribution >= 4 is 47.4 Å². The van der Waals surface area contributed by atoms with Crippen molar-refractivity contribution in [1.29, 1.82) is 0 Å². The summed E-state index contributed by atoms with van der Waals surface area (Å²) < 4.78 is 0. The molecule has 0 spiro atoms. The van der Waals surface area contributed by atoms with E-state index in [2.05, 4.69) is 25.9 Å². The maximum absolute atomic E-state index is 11.7. The second-order valence-electron chi connectivity index (χ2n) is 5.29. The van der Waals surface area contributed by atoms with Crippen LogP contribution in [0.1, 0.15) is 32.3 Å². The first-order valence-corrected chi connectivity index (χ1v) is 8.27. The molecule has 0 bridgehead atoms. The summed E-state index contributed by atoms with van der Waals surface area (Å²) in [5.41, 5.74) is 1.10. The SMILES string of the molecule is CCC(C)NC(=O)CCNC(=NC)NCCc1ccc(Cl)nc1.I. The molecule has 1 unspecified atom stereocenters. The number of aliphatic imine (C=N–C) groups is 1. The first-order valence-electron chi connectivity index (χ1n) is 7.89. The first-order chi connectivity index (χ1) is 11.0. The number of pyridine rings is 1. The summed E-state index contributed by atoms with van der Waals surface area (Å²) in [5.74, 6) is 0.734. The number of hydrogen-bond donors (Lipinski definition) is 3. The van der Waals surface area contributed by atoms with Crippen LogP contribution in [0, 0.1) is 0 Å². The van der Waals surface area contributed by atoms with Crippen molar-refractivity contribution in [2.45, 2.75) is 39.2 Å². The number of hydrogen-bond acceptors (Lipinski definition) is 3. The molecule has 6 nitrogen and oxygen atoms in total. The summed E-state index contributed by atoms with van der Waals surface area (Å²) in [6.45, 7) is 5.31. The Labute approximate surface area is 166 Å². The van der Waals surface area contributed by atoms with Gasteiger partial charge in [-0.25, -0.2) is 4.98 Å². The van der Waals surface area contributed by atoms with E-state index >= 15 is 0 Å². The third-order valence-electron chi connectivity index (χ3n) is 3.38. The van der Waals surface area contributed by atoms with Crippen LogP contribution in [0.15, 0.2) is 23.3 Å². The fourth-order valence-corrected chi connectivity index (χ4v) is 1.96. The van der Waals surface area contributed by atoms with Crippen molar-refractivity contribution < 1.29 is 4.79 Å². The Morgan fingerprint density at radius 1 is 1.33 bits per heavy atom. The minimum absolute atomic E-state index is 0. The van der Waals surface area contributed by atoms with Gasteiger partial charge in [0.15, 0.2) is 5.96 Å². The van der Waals surface area contributed by atoms with E-state index in [1.165, 1.54) is 0 Å². The number of nitrogens with zero attached hydrogens (tertiary/aromatic N) is 2. The highest BCUT2D eigenvalue weighted by molar-refractivity contribution is 14.0. The smallest absolute Gasteiger partial charge is 0.221 e. The first kappa shape index (κ1) is 22.9. The normalized spacial score (nSPS) is 12.1. The molecule has 136 valence electrons. The van der Waals surface area contributed by atoms with E-state index in [0.29, 0.717) is 24.1 Å². The van der Waals surface area contributed by atoms with Gasteiger partial charge in [-0.2, -0.15) is 0 Å². The zero-order chi connectivity index (χ0) is 17.1. The third-order valence-corrected chi connectivity index (χ3v) is 3.61. The molecule has 0 radical (unpaired) electrons. The van der Waals surface area contributed by atoms with Crippen molar-refractivity contribution in [2.24, 2.45) is 4.99 Å². The lowest BCUT2D eigenvalue weighted by atomic mass is 10.2. The molecular weight excluding hydrogens is 441 g/mol. The van der Waals surface area contributed by atoms with Gasteiger partial charge in [0.2, 0.25) is 5.91 Å². The number of carbonyl (C=O) groups is 1. The summed E-state index contributed by atoms with van der Waals surface area (Å²) in [7, 11) is 1.71. The Hall–Kier alpha value is -1.09. The van der Waals surface area contributed by atoms with Crippen molar-refractivity contribution in [2.75, 3.05) is 20.1 Å². The van der Waals surface area contributed by atoms with E-state index in [9.17, 15) is 4.79 Å². The number of halogens is 2. The minimum atomic E-state index is 0. The number of nitrogens with one attached hydrogen (secondary N) is 3. The van der Waals surface area contributed by atoms with Gasteiger partial charge in [0.1, 0.15) is 5.15 Å². The van der Waals surface area contributed by atoms with E-state index in [1.54, 1.807) is 19.3 Å². The zero-order valence-electron chi connectivity index (χ0n) is 14.4. The largest absolute Gasteiger partial charge is 0.356 e. The molecule has 1 aromatic heterocycles. The van der Waals surface area contributed by atoms with Gasteiger partial charge in [-0.15, -0.1) is 24.0 Å². The van der Waals surface area contributed by atoms with E-state index in [0.717, 1.165) is 24.9 Å². The second kappa shape index (κ2) is 13.2. The molecule has 0 fully saturated rings. The highest BCUT2D eigenvalue weighted by atomic mass is 127. The van der Waals surface area contributed by atoms with Crippen LogP contribution in [0.5, 0.6) is 0 Å². The number of guanidine groups is 1. The van der Waals surface area contributed by atoms with Crippen LogP contribution in [-0.2, 0) is 11.2 Å². The van der Waals surface area contributed by atoms with Crippen molar-refractivity contribution in [3.05, 3.63) is 29.0 Å². The third kappa shape index (κ3) is 9.92. The summed E-state index contributed by atoms with van der Waals surface area (Å²) in [5, 5.41) is 9.76. The molecule has 1 atom stereocenters. The maximum atomic E-state index is 11.7. The molecule has 24 heavy (non-hydrogen) atoms. The predicted molar refractivity (Wildman–Crippen MR) is 110 cm³/mol. The van der Waals surface area contributed by atoms with E-state index in [1.807, 2.05) is 19.9 Å². The van der Waals surface area contributed by atoms with Crippen molar-refractivity contribution in [1.82, 2.24) is 20.9 Å². The topological polar surface area (TPSA) is 78.4 Å². The Balaban J connectivity index is 0.00000529. The van der Waals surface area contributed by atoms with Crippen LogP contribution in [0.4, 0.5) is 0 Å². The number of aromatic nitrogens is 1. The maximum Gasteiger partial charge on any atom is 0.221 e. The molecule has 1 amide bonds. The predicted octanol–water partition coefficient (Wildman–Crippen LogP) is 2.37. The van der Waals surface area contributed by atoms with Gasteiger partial charge in [0, 0.05) is 38.8 Å². The van der Waals surface area contributed by atoms with Gasteiger partial charge < -0.3 is 16.0 Å². The fraction of sp³-hybridized carbons (Fsp3) is 0.562. The molecule has 0 aliphatic carbocycles. The molecule has 1 rings (SSSR count). The van der Waals surface area contributed by atoms with Crippen LogP contribution in [0.25, 0.3) is 0 Å². The quantitative estimate of drug-likeness (QED) is 0.237. The average molecular weight is 468 g/mol. The van der Waals surface area contributed by atoms with Gasteiger partial charge in [0.05, 0.1) is 0 Å². The molecular formula is C16H27ClIN5O. The van der Waals surface area contributed by atoms with Gasteiger partial charge in [-0.1, -0.05) is 24.6 Å². The molecule has 1 aromatic rings. The highest BCUT2D eigenvalue weighted by Gasteiger charge is 2.05. The van der Waals surface area contributed by atoms with Crippen molar-refractivity contribution in [3.8, 4) is 0 Å². The summed E-state index contributed by atoms with van der Waals surface area (Å²) in [6, 6.07) is 3.94. The molecule has 3 N–H and O–H groups in total. The van der Waals surface area contributed by atoms with Crippen LogP contribution < -0.4 is 16.0 Å². The lowest BCUT2D eigenvalue weighted by Crippen LogP contribution is -2.41. The second-order valence-corrected chi connectivity index (χ2v) is 5.68. The van der Waals surface area contributed by atoms with Gasteiger partial charge in [-0.05, 0) is 31.4 Å². The Bertz CT molecular complexity index is 510. The fourth-order valence-electron chi connectivity index (χ4n) is 1.84. The van der Waals surface area contributed by atoms with Gasteiger partial charge in [0.25, 0.3) is 0 Å². The average Bonchev–Trinajstić information content (AvgIpc) is 2.55. The Morgan fingerprint density at radius 2 is 2.04 bits per heavy atom. The highest BCUT2D eigenvalue weighted by Crippen LogP contribution is 2.05. The van der Waals surface area contributed by atoms with Crippen LogP contribution in [0.2, 0.25) is 5.15 Å². The van der Waals surface area contributed by atoms with Gasteiger partial charge >= 0.3 is 0 Å². The molecule has 0 saturated carbocycles. The molecule has 0 aromatic carbocycles. The van der Waals surface area contributed by atoms with Gasteiger partial charge in [-0.3, -0.25) is 9.79 Å². The lowest BCUT2D eigenvalue weighted by Gasteiger charge is -2.13. The number of rotatable bonds is 8. The van der Waals surface area contributed by atoms with Crippen LogP contribution in [-0.4, -0.2) is 43.0 Å². The summed E-state index contributed by atoms with van der Waals surface area (Å²) in [6.07, 6.45) is 3.94. The minimum Gasteiger partial charge on any atom is -0.356 e. The monoisotopic (exact) mass is 467 g/mol. The number of carbonyl (C=O) groups excluding carboxylic acids is 1. The molecule has 0 aliphatic heterocycles. The van der Waals surface area contributed by atoms with Crippen molar-refractivity contribution in [3.63, 3.8) is 0 Å². The summed E-state index contributed by atoms with van der Waals surface area (Å²) in [4.78, 5) is 19.9. The summed E-state index contributed by atoms with van der Waals surface area (Å²) >= 11 is 5.75. The molecule has 0 saturated heterocycles.